The first kappa shape index (κ1) is 18.6. The molecule has 1 aromatic carbocycles. The van der Waals surface area contributed by atoms with Gasteiger partial charge in [-0.25, -0.2) is 9.97 Å². The van der Waals surface area contributed by atoms with Crippen LogP contribution in [0.2, 0.25) is 0 Å². The fraction of sp³-hybridized carbons (Fsp3) is 0.474. The summed E-state index contributed by atoms with van der Waals surface area (Å²) in [6, 6.07) is 9.64. The summed E-state index contributed by atoms with van der Waals surface area (Å²) in [7, 11) is 0. The molecule has 140 valence electrons. The molecule has 7 heteroatoms. The lowest BCUT2D eigenvalue weighted by Gasteiger charge is -2.24. The van der Waals surface area contributed by atoms with Gasteiger partial charge >= 0.3 is 0 Å². The van der Waals surface area contributed by atoms with Crippen LogP contribution >= 0.6 is 0 Å². The van der Waals surface area contributed by atoms with E-state index < -0.39 is 5.60 Å². The van der Waals surface area contributed by atoms with Crippen molar-refractivity contribution in [1.82, 2.24) is 15.3 Å². The van der Waals surface area contributed by atoms with E-state index in [2.05, 4.69) is 15.3 Å². The molecule has 1 fully saturated rings. The zero-order chi connectivity index (χ0) is 18.2. The SMILES string of the molecule is OCCCOc1ccc(CNC[C@@]2(O)CCN(c3ncccn3)C2)cc1. The molecule has 1 atom stereocenters. The van der Waals surface area contributed by atoms with Crippen molar-refractivity contribution in [2.75, 3.05) is 37.7 Å². The van der Waals surface area contributed by atoms with Crippen LogP contribution in [0.25, 0.3) is 0 Å². The number of rotatable bonds is 9. The maximum absolute atomic E-state index is 10.8. The van der Waals surface area contributed by atoms with Crippen LogP contribution in [0.3, 0.4) is 0 Å². The number of aromatic nitrogens is 2. The number of β-amino-alcohol motifs (C(OH)–C–C–N with tert-alkyl or cyclic N) is 1. The molecule has 0 spiro atoms. The minimum atomic E-state index is -0.771. The highest BCUT2D eigenvalue weighted by Gasteiger charge is 2.36. The predicted octanol–water partition coefficient (Wildman–Crippen LogP) is 0.969. The van der Waals surface area contributed by atoms with Gasteiger partial charge in [-0.3, -0.25) is 0 Å². The molecule has 0 bridgehead atoms. The van der Waals surface area contributed by atoms with E-state index in [4.69, 9.17) is 9.84 Å². The molecule has 0 radical (unpaired) electrons. The van der Waals surface area contributed by atoms with E-state index in [1.165, 1.54) is 0 Å². The number of hydrogen-bond acceptors (Lipinski definition) is 7. The Hall–Kier alpha value is -2.22. The lowest BCUT2D eigenvalue weighted by atomic mass is 10.0. The van der Waals surface area contributed by atoms with Crippen LogP contribution in [0.5, 0.6) is 5.75 Å². The van der Waals surface area contributed by atoms with E-state index in [0.29, 0.717) is 45.0 Å². The number of anilines is 1. The average Bonchev–Trinajstić information content (AvgIpc) is 3.06. The minimum absolute atomic E-state index is 0.138. The lowest BCUT2D eigenvalue weighted by molar-refractivity contribution is 0.0626. The Kier molecular flexibility index (Phi) is 6.38. The summed E-state index contributed by atoms with van der Waals surface area (Å²) >= 11 is 0. The summed E-state index contributed by atoms with van der Waals surface area (Å²) in [5.41, 5.74) is 0.358. The van der Waals surface area contributed by atoms with Gasteiger partial charge < -0.3 is 25.2 Å². The molecule has 0 saturated carbocycles. The van der Waals surface area contributed by atoms with E-state index in [0.717, 1.165) is 17.9 Å². The second kappa shape index (κ2) is 8.93. The van der Waals surface area contributed by atoms with E-state index in [1.54, 1.807) is 18.5 Å². The predicted molar refractivity (Wildman–Crippen MR) is 99.2 cm³/mol. The van der Waals surface area contributed by atoms with Gasteiger partial charge in [0.2, 0.25) is 5.95 Å². The molecule has 0 unspecified atom stereocenters. The largest absolute Gasteiger partial charge is 0.494 e. The molecule has 7 nitrogen and oxygen atoms in total. The van der Waals surface area contributed by atoms with Crippen molar-refractivity contribution in [3.8, 4) is 5.75 Å². The molecule has 2 aromatic rings. The van der Waals surface area contributed by atoms with Crippen LogP contribution in [0.15, 0.2) is 42.7 Å². The summed E-state index contributed by atoms with van der Waals surface area (Å²) in [5, 5.41) is 22.9. The molecule has 1 saturated heterocycles. The van der Waals surface area contributed by atoms with Gasteiger partial charge in [-0.2, -0.15) is 0 Å². The Morgan fingerprint density at radius 3 is 2.69 bits per heavy atom. The average molecular weight is 358 g/mol. The zero-order valence-corrected chi connectivity index (χ0v) is 14.8. The van der Waals surface area contributed by atoms with E-state index in [1.807, 2.05) is 29.2 Å². The fourth-order valence-corrected chi connectivity index (χ4v) is 3.02. The molecule has 3 N–H and O–H groups in total. The van der Waals surface area contributed by atoms with Crippen molar-refractivity contribution >= 4 is 5.95 Å². The maximum Gasteiger partial charge on any atom is 0.225 e. The van der Waals surface area contributed by atoms with Gasteiger partial charge in [0.25, 0.3) is 0 Å². The zero-order valence-electron chi connectivity index (χ0n) is 14.8. The number of ether oxygens (including phenoxy) is 1. The molecular formula is C19H26N4O3. The van der Waals surface area contributed by atoms with Gasteiger partial charge in [-0.05, 0) is 30.2 Å². The molecule has 2 heterocycles. The Balaban J connectivity index is 1.43. The van der Waals surface area contributed by atoms with Crippen molar-refractivity contribution in [1.29, 1.82) is 0 Å². The lowest BCUT2D eigenvalue weighted by Crippen LogP contribution is -2.43. The van der Waals surface area contributed by atoms with E-state index in [-0.39, 0.29) is 6.61 Å². The smallest absolute Gasteiger partial charge is 0.225 e. The number of aliphatic hydroxyl groups excluding tert-OH is 1. The third-order valence-electron chi connectivity index (χ3n) is 4.44. The number of nitrogens with zero attached hydrogens (tertiary/aromatic N) is 3. The van der Waals surface area contributed by atoms with Crippen molar-refractivity contribution in [2.45, 2.75) is 25.0 Å². The van der Waals surface area contributed by atoms with Crippen LogP contribution in [0, 0.1) is 0 Å². The molecular weight excluding hydrogens is 332 g/mol. The number of aliphatic hydroxyl groups is 2. The van der Waals surface area contributed by atoms with E-state index >= 15 is 0 Å². The molecule has 1 aromatic heterocycles. The van der Waals surface area contributed by atoms with Crippen LogP contribution in [0.4, 0.5) is 5.95 Å². The summed E-state index contributed by atoms with van der Waals surface area (Å²) in [6.45, 7) is 3.14. The van der Waals surface area contributed by atoms with Crippen LogP contribution in [-0.2, 0) is 6.54 Å². The highest BCUT2D eigenvalue weighted by molar-refractivity contribution is 5.32. The minimum Gasteiger partial charge on any atom is -0.494 e. The first-order chi connectivity index (χ1) is 12.7. The monoisotopic (exact) mass is 358 g/mol. The standard InChI is InChI=1S/C19H26N4O3/c24-11-2-12-26-17-5-3-16(4-6-17)13-20-14-19(25)7-10-23(15-19)18-21-8-1-9-22-18/h1,3-6,8-9,20,24-25H,2,7,10-15H2/t19-/m0/s1. The molecule has 26 heavy (non-hydrogen) atoms. The van der Waals surface area contributed by atoms with Crippen LogP contribution < -0.4 is 15.0 Å². The van der Waals surface area contributed by atoms with Gasteiger partial charge in [0.1, 0.15) is 5.75 Å². The Morgan fingerprint density at radius 2 is 1.96 bits per heavy atom. The normalized spacial score (nSPS) is 19.7. The Bertz CT molecular complexity index is 668. The number of hydrogen-bond donors (Lipinski definition) is 3. The van der Waals surface area contributed by atoms with E-state index in [9.17, 15) is 5.11 Å². The van der Waals surface area contributed by atoms with Gasteiger partial charge in [-0.1, -0.05) is 12.1 Å². The Labute approximate surface area is 153 Å². The molecule has 1 aliphatic heterocycles. The van der Waals surface area contributed by atoms with Crippen molar-refractivity contribution in [3.05, 3.63) is 48.3 Å². The highest BCUT2D eigenvalue weighted by atomic mass is 16.5. The molecule has 3 rings (SSSR count). The summed E-state index contributed by atoms with van der Waals surface area (Å²) in [6.07, 6.45) is 4.76. The van der Waals surface area contributed by atoms with Gasteiger partial charge in [0.15, 0.2) is 0 Å². The summed E-state index contributed by atoms with van der Waals surface area (Å²) in [5.74, 6) is 1.47. The van der Waals surface area contributed by atoms with Crippen molar-refractivity contribution < 1.29 is 14.9 Å². The van der Waals surface area contributed by atoms with Gasteiger partial charge in [0, 0.05) is 45.1 Å². The number of benzene rings is 1. The van der Waals surface area contributed by atoms with Crippen molar-refractivity contribution in [2.24, 2.45) is 0 Å². The van der Waals surface area contributed by atoms with Crippen molar-refractivity contribution in [3.63, 3.8) is 0 Å². The Morgan fingerprint density at radius 1 is 1.19 bits per heavy atom. The fourth-order valence-electron chi connectivity index (χ4n) is 3.02. The second-order valence-corrected chi connectivity index (χ2v) is 6.62. The quantitative estimate of drug-likeness (QED) is 0.575. The molecule has 1 aliphatic rings. The van der Waals surface area contributed by atoms with Crippen LogP contribution in [-0.4, -0.2) is 58.6 Å². The number of nitrogens with one attached hydrogen (secondary N) is 1. The third-order valence-corrected chi connectivity index (χ3v) is 4.44. The summed E-state index contributed by atoms with van der Waals surface area (Å²) in [4.78, 5) is 10.5. The molecule has 0 amide bonds. The topological polar surface area (TPSA) is 90.7 Å². The first-order valence-electron chi connectivity index (χ1n) is 8.96. The van der Waals surface area contributed by atoms with Gasteiger partial charge in [-0.15, -0.1) is 0 Å². The van der Waals surface area contributed by atoms with Gasteiger partial charge in [0.05, 0.1) is 18.8 Å². The third kappa shape index (κ3) is 5.14. The summed E-state index contributed by atoms with van der Waals surface area (Å²) < 4.78 is 5.52. The second-order valence-electron chi connectivity index (χ2n) is 6.62. The highest BCUT2D eigenvalue weighted by Crippen LogP contribution is 2.23. The first-order valence-corrected chi connectivity index (χ1v) is 8.96. The maximum atomic E-state index is 10.8. The molecule has 0 aliphatic carbocycles. The van der Waals surface area contributed by atoms with Crippen LogP contribution in [0.1, 0.15) is 18.4 Å².